The van der Waals surface area contributed by atoms with Crippen molar-refractivity contribution in [2.75, 3.05) is 0 Å². The molecule has 0 N–H and O–H groups in total. The topological polar surface area (TPSA) is 34.9 Å². The lowest BCUT2D eigenvalue weighted by atomic mass is 10.1. The molecule has 88 valence electrons. The molecule has 0 unspecified atom stereocenters. The zero-order chi connectivity index (χ0) is 12.6. The first-order valence-electron chi connectivity index (χ1n) is 4.68. The molecule has 2 rings (SSSR count). The van der Waals surface area contributed by atoms with E-state index in [2.05, 4.69) is 5.10 Å². The Morgan fingerprint density at radius 2 is 1.71 bits per heavy atom. The van der Waals surface area contributed by atoms with Crippen LogP contribution < -0.4 is 5.56 Å². The first-order chi connectivity index (χ1) is 7.99. The van der Waals surface area contributed by atoms with Crippen LogP contribution in [0.15, 0.2) is 29.1 Å². The van der Waals surface area contributed by atoms with Crippen LogP contribution in [0, 0.1) is 17.5 Å². The molecular formula is C11H7F3N2O. The van der Waals surface area contributed by atoms with Crippen molar-refractivity contribution in [3.63, 3.8) is 0 Å². The summed E-state index contributed by atoms with van der Waals surface area (Å²) in [6.07, 6.45) is 0. The molecule has 1 aromatic heterocycles. The molecule has 1 heterocycles. The van der Waals surface area contributed by atoms with Crippen LogP contribution in [0.1, 0.15) is 0 Å². The van der Waals surface area contributed by atoms with E-state index in [1.807, 2.05) is 0 Å². The minimum Gasteiger partial charge on any atom is -0.268 e. The average molecular weight is 240 g/mol. The molecule has 0 spiro atoms. The highest BCUT2D eigenvalue weighted by atomic mass is 19.2. The largest absolute Gasteiger partial charge is 0.268 e. The SMILES string of the molecule is Cn1nc(-c2cc(F)c(F)c(F)c2)ccc1=O. The fraction of sp³-hybridized carbons (Fsp3) is 0.0909. The Balaban J connectivity index is 2.61. The third kappa shape index (κ3) is 2.06. The molecule has 0 amide bonds. The van der Waals surface area contributed by atoms with Gasteiger partial charge >= 0.3 is 0 Å². The van der Waals surface area contributed by atoms with Crippen molar-refractivity contribution in [2.45, 2.75) is 0 Å². The zero-order valence-corrected chi connectivity index (χ0v) is 8.75. The van der Waals surface area contributed by atoms with Crippen molar-refractivity contribution in [3.8, 4) is 11.3 Å². The summed E-state index contributed by atoms with van der Waals surface area (Å²) in [6.45, 7) is 0. The van der Waals surface area contributed by atoms with Gasteiger partial charge in [-0.05, 0) is 18.2 Å². The first-order valence-corrected chi connectivity index (χ1v) is 4.68. The standard InChI is InChI=1S/C11H7F3N2O/c1-16-10(17)3-2-9(15-16)6-4-7(12)11(14)8(13)5-6/h2-5H,1H3. The van der Waals surface area contributed by atoms with E-state index in [1.54, 1.807) is 0 Å². The van der Waals surface area contributed by atoms with Crippen LogP contribution in [0.2, 0.25) is 0 Å². The second-order valence-electron chi connectivity index (χ2n) is 3.43. The van der Waals surface area contributed by atoms with Crippen molar-refractivity contribution >= 4 is 0 Å². The van der Waals surface area contributed by atoms with Crippen LogP contribution in [0.3, 0.4) is 0 Å². The molecule has 3 nitrogen and oxygen atoms in total. The van der Waals surface area contributed by atoms with E-state index < -0.39 is 17.5 Å². The van der Waals surface area contributed by atoms with Crippen molar-refractivity contribution in [1.82, 2.24) is 9.78 Å². The smallest absolute Gasteiger partial charge is 0.266 e. The molecule has 17 heavy (non-hydrogen) atoms. The van der Waals surface area contributed by atoms with Crippen LogP contribution in [0.4, 0.5) is 13.2 Å². The summed E-state index contributed by atoms with van der Waals surface area (Å²) in [4.78, 5) is 11.1. The molecule has 0 fully saturated rings. The van der Waals surface area contributed by atoms with Crippen molar-refractivity contribution < 1.29 is 13.2 Å². The Labute approximate surface area is 94.1 Å². The van der Waals surface area contributed by atoms with Crippen LogP contribution >= 0.6 is 0 Å². The monoisotopic (exact) mass is 240 g/mol. The predicted octanol–water partition coefficient (Wildman–Crippen LogP) is 1.86. The van der Waals surface area contributed by atoms with Crippen molar-refractivity contribution in [3.05, 3.63) is 52.1 Å². The lowest BCUT2D eigenvalue weighted by Crippen LogP contribution is -2.18. The highest BCUT2D eigenvalue weighted by molar-refractivity contribution is 5.58. The van der Waals surface area contributed by atoms with E-state index in [0.717, 1.165) is 16.8 Å². The van der Waals surface area contributed by atoms with Gasteiger partial charge in [-0.15, -0.1) is 0 Å². The van der Waals surface area contributed by atoms with Gasteiger partial charge in [-0.2, -0.15) is 5.10 Å². The molecule has 0 saturated carbocycles. The molecule has 0 radical (unpaired) electrons. The Hall–Kier alpha value is -2.11. The van der Waals surface area contributed by atoms with Gasteiger partial charge in [0.05, 0.1) is 5.69 Å². The molecule has 0 saturated heterocycles. The van der Waals surface area contributed by atoms with E-state index in [0.29, 0.717) is 0 Å². The zero-order valence-electron chi connectivity index (χ0n) is 8.75. The molecule has 0 bridgehead atoms. The van der Waals surface area contributed by atoms with E-state index in [-0.39, 0.29) is 16.8 Å². The molecular weight excluding hydrogens is 233 g/mol. The van der Waals surface area contributed by atoms with E-state index in [1.165, 1.54) is 19.2 Å². The Kier molecular flexibility index (Phi) is 2.71. The maximum absolute atomic E-state index is 13.0. The number of halogens is 3. The van der Waals surface area contributed by atoms with Gasteiger partial charge < -0.3 is 0 Å². The number of rotatable bonds is 1. The van der Waals surface area contributed by atoms with Crippen LogP contribution in [0.5, 0.6) is 0 Å². The molecule has 2 aromatic rings. The quantitative estimate of drug-likeness (QED) is 0.713. The van der Waals surface area contributed by atoms with Crippen LogP contribution in [-0.4, -0.2) is 9.78 Å². The summed E-state index contributed by atoms with van der Waals surface area (Å²) < 4.78 is 39.8. The van der Waals surface area contributed by atoms with Crippen molar-refractivity contribution in [1.29, 1.82) is 0 Å². The summed E-state index contributed by atoms with van der Waals surface area (Å²) in [5.74, 6) is -4.12. The number of benzene rings is 1. The molecule has 1 aromatic carbocycles. The van der Waals surface area contributed by atoms with Gasteiger partial charge in [0.25, 0.3) is 5.56 Å². The Bertz CT molecular complexity index is 614. The second-order valence-corrected chi connectivity index (χ2v) is 3.43. The molecule has 0 aliphatic carbocycles. The van der Waals surface area contributed by atoms with Gasteiger partial charge in [0.2, 0.25) is 0 Å². The van der Waals surface area contributed by atoms with E-state index >= 15 is 0 Å². The highest BCUT2D eigenvalue weighted by Crippen LogP contribution is 2.21. The predicted molar refractivity (Wildman–Crippen MR) is 54.8 cm³/mol. The number of nitrogens with zero attached hydrogens (tertiary/aromatic N) is 2. The summed E-state index contributed by atoms with van der Waals surface area (Å²) in [5.41, 5.74) is -0.0984. The Morgan fingerprint density at radius 1 is 1.12 bits per heavy atom. The summed E-state index contributed by atoms with van der Waals surface area (Å²) in [7, 11) is 1.40. The van der Waals surface area contributed by atoms with Gasteiger partial charge in [-0.1, -0.05) is 0 Å². The van der Waals surface area contributed by atoms with Gasteiger partial charge in [0.1, 0.15) is 0 Å². The van der Waals surface area contributed by atoms with E-state index in [4.69, 9.17) is 0 Å². The maximum Gasteiger partial charge on any atom is 0.266 e. The molecule has 0 atom stereocenters. The van der Waals surface area contributed by atoms with Gasteiger partial charge in [-0.25, -0.2) is 17.9 Å². The average Bonchev–Trinajstić information content (AvgIpc) is 2.29. The van der Waals surface area contributed by atoms with Crippen LogP contribution in [-0.2, 0) is 7.05 Å². The third-order valence-corrected chi connectivity index (χ3v) is 2.24. The number of hydrogen-bond acceptors (Lipinski definition) is 2. The molecule has 0 aliphatic heterocycles. The number of hydrogen-bond donors (Lipinski definition) is 0. The van der Waals surface area contributed by atoms with Gasteiger partial charge in [0, 0.05) is 18.7 Å². The van der Waals surface area contributed by atoms with Gasteiger partial charge in [-0.3, -0.25) is 4.79 Å². The fourth-order valence-electron chi connectivity index (χ4n) is 1.36. The summed E-state index contributed by atoms with van der Waals surface area (Å²) in [5, 5.41) is 3.80. The highest BCUT2D eigenvalue weighted by Gasteiger charge is 2.12. The lowest BCUT2D eigenvalue weighted by molar-refractivity contribution is 0.447. The normalized spacial score (nSPS) is 10.6. The van der Waals surface area contributed by atoms with Crippen LogP contribution in [0.25, 0.3) is 11.3 Å². The van der Waals surface area contributed by atoms with Crippen molar-refractivity contribution in [2.24, 2.45) is 7.05 Å². The van der Waals surface area contributed by atoms with Gasteiger partial charge in [0.15, 0.2) is 17.5 Å². The minimum absolute atomic E-state index is 0.0667. The lowest BCUT2D eigenvalue weighted by Gasteiger charge is -2.04. The third-order valence-electron chi connectivity index (χ3n) is 2.24. The first kappa shape index (κ1) is 11.4. The Morgan fingerprint density at radius 3 is 2.24 bits per heavy atom. The fourth-order valence-corrected chi connectivity index (χ4v) is 1.36. The number of aromatic nitrogens is 2. The number of aryl methyl sites for hydroxylation is 1. The van der Waals surface area contributed by atoms with E-state index in [9.17, 15) is 18.0 Å². The molecule has 6 heteroatoms. The molecule has 0 aliphatic rings. The summed E-state index contributed by atoms with van der Waals surface area (Å²) in [6, 6.07) is 4.17. The second kappa shape index (κ2) is 4.04. The maximum atomic E-state index is 13.0. The minimum atomic E-state index is -1.53. The summed E-state index contributed by atoms with van der Waals surface area (Å²) >= 11 is 0.